The zero-order valence-electron chi connectivity index (χ0n) is 11.3. The normalized spacial score (nSPS) is 14.1. The van der Waals surface area contributed by atoms with E-state index in [1.165, 1.54) is 17.3 Å². The highest BCUT2D eigenvalue weighted by Crippen LogP contribution is 2.29. The van der Waals surface area contributed by atoms with Gasteiger partial charge in [0.1, 0.15) is 0 Å². The minimum Gasteiger partial charge on any atom is -0.352 e. The Kier molecular flexibility index (Phi) is 8.52. The summed E-state index contributed by atoms with van der Waals surface area (Å²) in [5, 5.41) is 7.41. The average molecular weight is 368 g/mol. The number of carbonyl (C=O) groups excluding carboxylic acids is 1. The molecule has 0 fully saturated rings. The van der Waals surface area contributed by atoms with Gasteiger partial charge in [-0.25, -0.2) is 0 Å². The molecule has 0 bridgehead atoms. The Morgan fingerprint density at radius 1 is 1.38 bits per heavy atom. The molecule has 1 aliphatic rings. The number of nitrogens with one attached hydrogen (secondary N) is 2. The van der Waals surface area contributed by atoms with Gasteiger partial charge in [0.05, 0.1) is 10.8 Å². The smallest absolute Gasteiger partial charge is 0.230 e. The van der Waals surface area contributed by atoms with E-state index in [1.807, 2.05) is 0 Å². The predicted molar refractivity (Wildman–Crippen MR) is 93.0 cm³/mol. The molecule has 0 radical (unpaired) electrons. The van der Waals surface area contributed by atoms with Crippen LogP contribution in [-0.2, 0) is 4.79 Å². The molecule has 1 aromatic rings. The number of benzene rings is 1. The molecule has 0 atom stereocenters. The molecule has 116 valence electrons. The van der Waals surface area contributed by atoms with E-state index in [2.05, 4.69) is 16.7 Å². The zero-order chi connectivity index (χ0) is 14.4. The van der Waals surface area contributed by atoms with Crippen molar-refractivity contribution in [3.05, 3.63) is 39.9 Å². The van der Waals surface area contributed by atoms with Gasteiger partial charge in [-0.05, 0) is 31.2 Å². The average Bonchev–Trinajstić information content (AvgIpc) is 2.47. The van der Waals surface area contributed by atoms with Gasteiger partial charge in [-0.3, -0.25) is 4.79 Å². The molecule has 2 rings (SSSR count). The molecule has 0 spiro atoms. The van der Waals surface area contributed by atoms with Gasteiger partial charge < -0.3 is 10.6 Å². The highest BCUT2D eigenvalue weighted by Gasteiger charge is 2.08. The van der Waals surface area contributed by atoms with Gasteiger partial charge in [-0.1, -0.05) is 34.9 Å². The summed E-state index contributed by atoms with van der Waals surface area (Å²) in [7, 11) is 0. The SMILES string of the molecule is Cl.O=C(CSc1cc(Cl)ccc1Cl)NCC1=CCNCC1. The second kappa shape index (κ2) is 9.59. The van der Waals surface area contributed by atoms with Gasteiger partial charge in [-0.15, -0.1) is 24.2 Å². The van der Waals surface area contributed by atoms with Crippen LogP contribution in [0.2, 0.25) is 10.0 Å². The van der Waals surface area contributed by atoms with Crippen molar-refractivity contribution in [2.24, 2.45) is 0 Å². The maximum Gasteiger partial charge on any atom is 0.230 e. The van der Waals surface area contributed by atoms with E-state index < -0.39 is 0 Å². The van der Waals surface area contributed by atoms with Crippen molar-refractivity contribution in [2.75, 3.05) is 25.4 Å². The van der Waals surface area contributed by atoms with Crippen LogP contribution in [0.15, 0.2) is 34.7 Å². The number of hydrogen-bond acceptors (Lipinski definition) is 3. The van der Waals surface area contributed by atoms with Gasteiger partial charge in [-0.2, -0.15) is 0 Å². The molecule has 3 nitrogen and oxygen atoms in total. The monoisotopic (exact) mass is 366 g/mol. The van der Waals surface area contributed by atoms with Crippen molar-refractivity contribution >= 4 is 53.3 Å². The molecule has 1 heterocycles. The van der Waals surface area contributed by atoms with Gasteiger partial charge in [0.2, 0.25) is 5.91 Å². The number of carbonyl (C=O) groups is 1. The Hall–Kier alpha value is -0.390. The van der Waals surface area contributed by atoms with Crippen molar-refractivity contribution in [3.8, 4) is 0 Å². The van der Waals surface area contributed by atoms with Crippen LogP contribution in [0, 0.1) is 0 Å². The van der Waals surface area contributed by atoms with E-state index in [-0.39, 0.29) is 18.3 Å². The summed E-state index contributed by atoms with van der Waals surface area (Å²) in [4.78, 5) is 12.6. The van der Waals surface area contributed by atoms with Crippen LogP contribution in [0.3, 0.4) is 0 Å². The number of amides is 1. The molecular weight excluding hydrogens is 351 g/mol. The summed E-state index contributed by atoms with van der Waals surface area (Å²) in [5.41, 5.74) is 1.28. The third-order valence-corrected chi connectivity index (χ3v) is 4.65. The zero-order valence-corrected chi connectivity index (χ0v) is 14.5. The van der Waals surface area contributed by atoms with Crippen LogP contribution in [-0.4, -0.2) is 31.3 Å². The van der Waals surface area contributed by atoms with Crippen molar-refractivity contribution in [1.82, 2.24) is 10.6 Å². The lowest BCUT2D eigenvalue weighted by atomic mass is 10.1. The summed E-state index contributed by atoms with van der Waals surface area (Å²) in [5.74, 6) is 0.344. The summed E-state index contributed by atoms with van der Waals surface area (Å²) < 4.78 is 0. The Morgan fingerprint density at radius 3 is 2.90 bits per heavy atom. The number of thioether (sulfide) groups is 1. The molecule has 1 amide bonds. The van der Waals surface area contributed by atoms with E-state index in [0.29, 0.717) is 22.3 Å². The van der Waals surface area contributed by atoms with E-state index in [0.717, 1.165) is 24.4 Å². The fourth-order valence-electron chi connectivity index (χ4n) is 1.82. The third kappa shape index (κ3) is 6.49. The summed E-state index contributed by atoms with van der Waals surface area (Å²) in [6, 6.07) is 5.25. The molecule has 0 unspecified atom stereocenters. The fraction of sp³-hybridized carbons (Fsp3) is 0.357. The van der Waals surface area contributed by atoms with Gasteiger partial charge in [0.25, 0.3) is 0 Å². The van der Waals surface area contributed by atoms with Gasteiger partial charge in [0.15, 0.2) is 0 Å². The first-order chi connectivity index (χ1) is 9.65. The minimum absolute atomic E-state index is 0. The standard InChI is InChI=1S/C14H16Cl2N2OS.ClH/c15-11-1-2-12(16)13(7-11)20-9-14(19)18-8-10-3-5-17-6-4-10;/h1-3,7,17H,4-6,8-9H2,(H,18,19);1H. The summed E-state index contributed by atoms with van der Waals surface area (Å²) in [6.07, 6.45) is 3.12. The molecule has 0 saturated heterocycles. The molecule has 0 saturated carbocycles. The topological polar surface area (TPSA) is 41.1 Å². The molecule has 2 N–H and O–H groups in total. The largest absolute Gasteiger partial charge is 0.352 e. The molecular formula is C14H17Cl3N2OS. The molecule has 1 aliphatic heterocycles. The second-order valence-electron chi connectivity index (χ2n) is 4.46. The summed E-state index contributed by atoms with van der Waals surface area (Å²) >= 11 is 13.4. The fourth-order valence-corrected chi connectivity index (χ4v) is 3.15. The van der Waals surface area contributed by atoms with E-state index in [9.17, 15) is 4.79 Å². The first kappa shape index (κ1) is 18.7. The van der Waals surface area contributed by atoms with Crippen LogP contribution in [0.25, 0.3) is 0 Å². The van der Waals surface area contributed by atoms with Crippen molar-refractivity contribution in [2.45, 2.75) is 11.3 Å². The number of hydrogen-bond donors (Lipinski definition) is 2. The lowest BCUT2D eigenvalue weighted by molar-refractivity contribution is -0.118. The predicted octanol–water partition coefficient (Wildman–Crippen LogP) is 3.54. The van der Waals surface area contributed by atoms with Gasteiger partial charge >= 0.3 is 0 Å². The molecule has 1 aromatic carbocycles. The lowest BCUT2D eigenvalue weighted by Gasteiger charge is -2.14. The summed E-state index contributed by atoms with van der Waals surface area (Å²) in [6.45, 7) is 2.50. The van der Waals surface area contributed by atoms with Crippen molar-refractivity contribution in [3.63, 3.8) is 0 Å². The Bertz CT molecular complexity index is 523. The van der Waals surface area contributed by atoms with Crippen molar-refractivity contribution < 1.29 is 4.79 Å². The van der Waals surface area contributed by atoms with E-state index in [4.69, 9.17) is 23.2 Å². The van der Waals surface area contributed by atoms with Crippen LogP contribution in [0.4, 0.5) is 0 Å². The second-order valence-corrected chi connectivity index (χ2v) is 6.32. The molecule has 21 heavy (non-hydrogen) atoms. The van der Waals surface area contributed by atoms with E-state index >= 15 is 0 Å². The Morgan fingerprint density at radius 2 is 2.19 bits per heavy atom. The molecule has 7 heteroatoms. The first-order valence-electron chi connectivity index (χ1n) is 6.38. The highest BCUT2D eigenvalue weighted by atomic mass is 35.5. The van der Waals surface area contributed by atoms with Crippen molar-refractivity contribution in [1.29, 1.82) is 0 Å². The lowest BCUT2D eigenvalue weighted by Crippen LogP contribution is -2.30. The van der Waals surface area contributed by atoms with Gasteiger partial charge in [0, 0.05) is 23.0 Å². The third-order valence-electron chi connectivity index (χ3n) is 2.92. The van der Waals surface area contributed by atoms with Crippen LogP contribution < -0.4 is 10.6 Å². The van der Waals surface area contributed by atoms with Crippen LogP contribution in [0.1, 0.15) is 6.42 Å². The highest BCUT2D eigenvalue weighted by molar-refractivity contribution is 8.00. The number of halogens is 3. The Balaban J connectivity index is 0.00000220. The molecule has 0 aromatic heterocycles. The van der Waals surface area contributed by atoms with E-state index in [1.54, 1.807) is 18.2 Å². The van der Waals surface area contributed by atoms with Crippen LogP contribution in [0.5, 0.6) is 0 Å². The first-order valence-corrected chi connectivity index (χ1v) is 8.12. The number of rotatable bonds is 5. The quantitative estimate of drug-likeness (QED) is 0.618. The molecule has 0 aliphatic carbocycles. The maximum absolute atomic E-state index is 11.8. The maximum atomic E-state index is 11.8. The minimum atomic E-state index is 0. The Labute approximate surface area is 145 Å². The van der Waals surface area contributed by atoms with Crippen LogP contribution >= 0.6 is 47.4 Å².